The number of Topliss-reactive ketones (excluding diaryl/α,β-unsaturated/α-hetero) is 1. The van der Waals surface area contributed by atoms with Crippen LogP contribution in [-0.4, -0.2) is 34.3 Å². The quantitative estimate of drug-likeness (QED) is 0.570. The molecule has 1 fully saturated rings. The minimum Gasteiger partial charge on any atom is -0.326 e. The molecule has 0 aliphatic carbocycles. The maximum atomic E-state index is 12.5. The average molecular weight is 408 g/mol. The van der Waals surface area contributed by atoms with Gasteiger partial charge in [0.05, 0.1) is 4.91 Å². The lowest BCUT2D eigenvalue weighted by Gasteiger charge is -2.12. The Balaban J connectivity index is 1.58. The van der Waals surface area contributed by atoms with Crippen LogP contribution in [0.3, 0.4) is 0 Å². The first-order valence-corrected chi connectivity index (χ1v) is 9.88. The van der Waals surface area contributed by atoms with Crippen LogP contribution in [-0.2, 0) is 9.59 Å². The van der Waals surface area contributed by atoms with E-state index in [4.69, 9.17) is 0 Å². The fourth-order valence-corrected chi connectivity index (χ4v) is 3.69. The summed E-state index contributed by atoms with van der Waals surface area (Å²) in [6, 6.07) is 14.2. The molecule has 0 radical (unpaired) electrons. The molecule has 0 aromatic heterocycles. The highest BCUT2D eigenvalue weighted by atomic mass is 32.2. The molecule has 0 bridgehead atoms. The van der Waals surface area contributed by atoms with E-state index in [1.165, 1.54) is 6.92 Å². The molecule has 2 aromatic rings. The van der Waals surface area contributed by atoms with Gasteiger partial charge in [-0.15, -0.1) is 0 Å². The van der Waals surface area contributed by atoms with Gasteiger partial charge in [-0.1, -0.05) is 29.8 Å². The van der Waals surface area contributed by atoms with E-state index in [0.29, 0.717) is 16.2 Å². The number of aryl methyl sites for hydroxylation is 1. The predicted octanol–water partition coefficient (Wildman–Crippen LogP) is 4.26. The second kappa shape index (κ2) is 8.87. The van der Waals surface area contributed by atoms with E-state index in [1.54, 1.807) is 30.3 Å². The third-order valence-electron chi connectivity index (χ3n) is 4.35. The Bertz CT molecular complexity index is 1010. The van der Waals surface area contributed by atoms with E-state index in [0.717, 1.165) is 27.8 Å². The summed E-state index contributed by atoms with van der Waals surface area (Å²) in [5.74, 6) is -0.761. The minimum atomic E-state index is -0.389. The van der Waals surface area contributed by atoms with E-state index < -0.39 is 0 Å². The highest BCUT2D eigenvalue weighted by Crippen LogP contribution is 2.32. The van der Waals surface area contributed by atoms with Gasteiger partial charge in [0.25, 0.3) is 11.1 Å². The molecule has 1 aliphatic rings. The van der Waals surface area contributed by atoms with Gasteiger partial charge in [0, 0.05) is 24.2 Å². The van der Waals surface area contributed by atoms with Crippen LogP contribution in [0.25, 0.3) is 6.08 Å². The van der Waals surface area contributed by atoms with Gasteiger partial charge in [-0.25, -0.2) is 0 Å². The summed E-state index contributed by atoms with van der Waals surface area (Å²) in [5.41, 5.74) is 3.02. The molecule has 7 heteroatoms. The summed E-state index contributed by atoms with van der Waals surface area (Å²) >= 11 is 0.877. The number of thioether (sulfide) groups is 1. The van der Waals surface area contributed by atoms with Gasteiger partial charge in [0.1, 0.15) is 0 Å². The molecule has 3 rings (SSSR count). The molecule has 2 aromatic carbocycles. The number of imide groups is 1. The molecule has 148 valence electrons. The summed E-state index contributed by atoms with van der Waals surface area (Å²) in [5, 5.41) is 2.32. The van der Waals surface area contributed by atoms with Crippen molar-refractivity contribution in [2.75, 3.05) is 11.9 Å². The van der Waals surface area contributed by atoms with Gasteiger partial charge >= 0.3 is 0 Å². The van der Waals surface area contributed by atoms with Crippen molar-refractivity contribution >= 4 is 46.4 Å². The van der Waals surface area contributed by atoms with Crippen LogP contribution in [0.4, 0.5) is 10.5 Å². The number of hydrogen-bond acceptors (Lipinski definition) is 5. The lowest BCUT2D eigenvalue weighted by Crippen LogP contribution is -2.31. The van der Waals surface area contributed by atoms with Gasteiger partial charge in [-0.05, 0) is 61.5 Å². The molecule has 0 unspecified atom stereocenters. The van der Waals surface area contributed by atoms with E-state index in [1.807, 2.05) is 31.2 Å². The van der Waals surface area contributed by atoms with Crippen LogP contribution in [0.5, 0.6) is 0 Å². The Morgan fingerprint density at radius 1 is 1.10 bits per heavy atom. The van der Waals surface area contributed by atoms with Crippen LogP contribution >= 0.6 is 11.8 Å². The Morgan fingerprint density at radius 3 is 2.48 bits per heavy atom. The van der Waals surface area contributed by atoms with Crippen LogP contribution < -0.4 is 5.32 Å². The highest BCUT2D eigenvalue weighted by Gasteiger charge is 2.35. The molecule has 1 N–H and O–H groups in total. The van der Waals surface area contributed by atoms with Crippen LogP contribution in [0.2, 0.25) is 0 Å². The SMILES string of the molecule is CC(=O)c1ccc(NC(=O)CCN2C(=O)SC(=Cc3cccc(C)c3)C2=O)cc1. The van der Waals surface area contributed by atoms with Gasteiger partial charge in [0.2, 0.25) is 5.91 Å². The maximum Gasteiger partial charge on any atom is 0.293 e. The highest BCUT2D eigenvalue weighted by molar-refractivity contribution is 8.18. The summed E-state index contributed by atoms with van der Waals surface area (Å²) in [6.07, 6.45) is 1.68. The van der Waals surface area contributed by atoms with Crippen molar-refractivity contribution in [1.29, 1.82) is 0 Å². The number of rotatable bonds is 6. The second-order valence-corrected chi connectivity index (χ2v) is 7.67. The molecule has 0 atom stereocenters. The van der Waals surface area contributed by atoms with Crippen molar-refractivity contribution in [3.63, 3.8) is 0 Å². The largest absolute Gasteiger partial charge is 0.326 e. The number of nitrogens with zero attached hydrogens (tertiary/aromatic N) is 1. The smallest absolute Gasteiger partial charge is 0.293 e. The first-order valence-electron chi connectivity index (χ1n) is 9.06. The zero-order chi connectivity index (χ0) is 21.0. The number of anilines is 1. The lowest BCUT2D eigenvalue weighted by molar-refractivity contribution is -0.123. The topological polar surface area (TPSA) is 83.6 Å². The van der Waals surface area contributed by atoms with E-state index >= 15 is 0 Å². The standard InChI is InChI=1S/C22H20N2O4S/c1-14-4-3-5-16(12-14)13-19-21(27)24(22(28)29-19)11-10-20(26)23-18-8-6-17(7-9-18)15(2)25/h3-9,12-13H,10-11H2,1-2H3,(H,23,26). The van der Waals surface area contributed by atoms with E-state index in [-0.39, 0.29) is 35.8 Å². The molecular formula is C22H20N2O4S. The third kappa shape index (κ3) is 5.20. The van der Waals surface area contributed by atoms with Crippen molar-refractivity contribution < 1.29 is 19.2 Å². The van der Waals surface area contributed by atoms with Crippen molar-refractivity contribution in [2.45, 2.75) is 20.3 Å². The lowest BCUT2D eigenvalue weighted by atomic mass is 10.1. The first kappa shape index (κ1) is 20.5. The van der Waals surface area contributed by atoms with Crippen LogP contribution in [0.1, 0.15) is 34.8 Å². The summed E-state index contributed by atoms with van der Waals surface area (Å²) < 4.78 is 0. The van der Waals surface area contributed by atoms with Gasteiger partial charge < -0.3 is 5.32 Å². The number of hydrogen-bond donors (Lipinski definition) is 1. The van der Waals surface area contributed by atoms with Crippen molar-refractivity contribution in [3.8, 4) is 0 Å². The van der Waals surface area contributed by atoms with Crippen LogP contribution in [0.15, 0.2) is 53.4 Å². The number of amides is 3. The molecule has 29 heavy (non-hydrogen) atoms. The van der Waals surface area contributed by atoms with Gasteiger partial charge in [0.15, 0.2) is 5.78 Å². The molecule has 1 saturated heterocycles. The Morgan fingerprint density at radius 2 is 1.83 bits per heavy atom. The predicted molar refractivity (Wildman–Crippen MR) is 114 cm³/mol. The molecule has 3 amide bonds. The van der Waals surface area contributed by atoms with Crippen LogP contribution in [0, 0.1) is 6.92 Å². The molecule has 6 nitrogen and oxygen atoms in total. The summed E-state index contributed by atoms with van der Waals surface area (Å²) in [4.78, 5) is 49.6. The first-order chi connectivity index (χ1) is 13.8. The summed E-state index contributed by atoms with van der Waals surface area (Å²) in [6.45, 7) is 3.43. The molecule has 0 saturated carbocycles. The fourth-order valence-electron chi connectivity index (χ4n) is 2.83. The van der Waals surface area contributed by atoms with Gasteiger partial charge in [-0.2, -0.15) is 0 Å². The van der Waals surface area contributed by atoms with E-state index in [9.17, 15) is 19.2 Å². The second-order valence-electron chi connectivity index (χ2n) is 6.68. The molecular weight excluding hydrogens is 388 g/mol. The zero-order valence-electron chi connectivity index (χ0n) is 16.1. The summed E-state index contributed by atoms with van der Waals surface area (Å²) in [7, 11) is 0. The molecule has 1 heterocycles. The number of carbonyl (C=O) groups excluding carboxylic acids is 4. The van der Waals surface area contributed by atoms with Crippen molar-refractivity contribution in [3.05, 3.63) is 70.1 Å². The van der Waals surface area contributed by atoms with Gasteiger partial charge in [-0.3, -0.25) is 24.1 Å². The number of ketones is 1. The normalized spacial score (nSPS) is 15.1. The number of nitrogens with one attached hydrogen (secondary N) is 1. The van der Waals surface area contributed by atoms with Crippen molar-refractivity contribution in [2.24, 2.45) is 0 Å². The fraction of sp³-hybridized carbons (Fsp3) is 0.182. The number of carbonyl (C=O) groups is 4. The minimum absolute atomic E-state index is 0.00713. The Hall–Kier alpha value is -3.19. The Labute approximate surface area is 173 Å². The zero-order valence-corrected chi connectivity index (χ0v) is 16.9. The monoisotopic (exact) mass is 408 g/mol. The number of benzene rings is 2. The van der Waals surface area contributed by atoms with E-state index in [2.05, 4.69) is 5.32 Å². The molecule has 0 spiro atoms. The maximum absolute atomic E-state index is 12.5. The third-order valence-corrected chi connectivity index (χ3v) is 5.26. The average Bonchev–Trinajstić information content (AvgIpc) is 2.93. The van der Waals surface area contributed by atoms with Crippen molar-refractivity contribution in [1.82, 2.24) is 4.90 Å². The molecule has 1 aliphatic heterocycles. The Kier molecular flexibility index (Phi) is 6.29.